The second-order valence-electron chi connectivity index (χ2n) is 7.92. The van der Waals surface area contributed by atoms with Crippen molar-refractivity contribution in [3.8, 4) is 5.69 Å². The molecule has 2 heterocycles. The molecule has 0 saturated carbocycles. The Bertz CT molecular complexity index is 1330. The highest BCUT2D eigenvalue weighted by Crippen LogP contribution is 2.25. The Morgan fingerprint density at radius 2 is 1.77 bits per heavy atom. The van der Waals surface area contributed by atoms with Gasteiger partial charge in [0.1, 0.15) is 5.65 Å². The average molecular weight is 415 g/mol. The molecule has 158 valence electrons. The van der Waals surface area contributed by atoms with Gasteiger partial charge in [0.25, 0.3) is 5.56 Å². The first kappa shape index (κ1) is 20.6. The van der Waals surface area contributed by atoms with Crippen molar-refractivity contribution in [2.75, 3.05) is 5.32 Å². The number of anilines is 1. The van der Waals surface area contributed by atoms with Crippen molar-refractivity contribution in [2.45, 2.75) is 33.6 Å². The summed E-state index contributed by atoms with van der Waals surface area (Å²) in [5, 5.41) is 8.58. The molecule has 0 fully saturated rings. The van der Waals surface area contributed by atoms with Gasteiger partial charge < -0.3 is 5.32 Å². The average Bonchev–Trinajstić information content (AvgIpc) is 3.10. The van der Waals surface area contributed by atoms with Crippen molar-refractivity contribution >= 4 is 22.6 Å². The lowest BCUT2D eigenvalue weighted by Crippen LogP contribution is -2.25. The van der Waals surface area contributed by atoms with E-state index in [0.29, 0.717) is 12.0 Å². The number of pyridine rings is 1. The summed E-state index contributed by atoms with van der Waals surface area (Å²) in [5.74, 6) is -0.108. The summed E-state index contributed by atoms with van der Waals surface area (Å²) in [6.45, 7) is 5.88. The van der Waals surface area contributed by atoms with E-state index >= 15 is 0 Å². The molecule has 6 nitrogen and oxygen atoms in total. The van der Waals surface area contributed by atoms with E-state index in [4.69, 9.17) is 5.10 Å². The van der Waals surface area contributed by atoms with Gasteiger partial charge in [-0.1, -0.05) is 30.3 Å². The van der Waals surface area contributed by atoms with E-state index in [9.17, 15) is 9.59 Å². The van der Waals surface area contributed by atoms with Gasteiger partial charge in [0.2, 0.25) is 5.91 Å². The Balaban J connectivity index is 1.67. The Hall–Kier alpha value is -3.67. The molecule has 2 aromatic heterocycles. The number of carbonyl (C=O) groups is 1. The zero-order valence-electron chi connectivity index (χ0n) is 18.3. The SMILES string of the molecule is Cc1cccc(NC(=O)CCc2c(C)c3c(C)nn(-c4ccccc4)c3n(C)c2=O)c1. The molecule has 0 aliphatic heterocycles. The quantitative estimate of drug-likeness (QED) is 0.532. The van der Waals surface area contributed by atoms with E-state index in [1.54, 1.807) is 11.6 Å². The minimum atomic E-state index is -0.108. The van der Waals surface area contributed by atoms with E-state index in [1.165, 1.54) is 0 Å². The van der Waals surface area contributed by atoms with Crippen LogP contribution in [0, 0.1) is 20.8 Å². The normalized spacial score (nSPS) is 11.1. The minimum Gasteiger partial charge on any atom is -0.326 e. The number of hydrogen-bond donors (Lipinski definition) is 1. The highest BCUT2D eigenvalue weighted by Gasteiger charge is 2.20. The molecule has 1 N–H and O–H groups in total. The van der Waals surface area contributed by atoms with Gasteiger partial charge in [-0.25, -0.2) is 4.68 Å². The van der Waals surface area contributed by atoms with Crippen LogP contribution in [0.1, 0.15) is 28.8 Å². The maximum absolute atomic E-state index is 13.2. The van der Waals surface area contributed by atoms with E-state index in [1.807, 2.05) is 80.1 Å². The topological polar surface area (TPSA) is 68.9 Å². The van der Waals surface area contributed by atoms with Crippen LogP contribution >= 0.6 is 0 Å². The summed E-state index contributed by atoms with van der Waals surface area (Å²) >= 11 is 0. The van der Waals surface area contributed by atoms with Crippen LogP contribution in [0.2, 0.25) is 0 Å². The van der Waals surface area contributed by atoms with Crippen LogP contribution in [0.25, 0.3) is 16.7 Å². The number of nitrogens with zero attached hydrogens (tertiary/aromatic N) is 3. The third kappa shape index (κ3) is 3.89. The fraction of sp³-hybridized carbons (Fsp3) is 0.240. The number of fused-ring (bicyclic) bond motifs is 1. The summed E-state index contributed by atoms with van der Waals surface area (Å²) in [5.41, 5.74) is 5.83. The zero-order chi connectivity index (χ0) is 22.1. The number of nitrogens with one attached hydrogen (secondary N) is 1. The van der Waals surface area contributed by atoms with E-state index in [-0.39, 0.29) is 17.9 Å². The molecular formula is C25H26N4O2. The van der Waals surface area contributed by atoms with Crippen LogP contribution in [0.3, 0.4) is 0 Å². The van der Waals surface area contributed by atoms with Gasteiger partial charge in [-0.15, -0.1) is 0 Å². The van der Waals surface area contributed by atoms with Crippen molar-refractivity contribution < 1.29 is 4.79 Å². The molecule has 0 atom stereocenters. The Morgan fingerprint density at radius 3 is 2.48 bits per heavy atom. The van der Waals surface area contributed by atoms with Crippen LogP contribution in [-0.4, -0.2) is 20.3 Å². The molecule has 1 amide bonds. The molecule has 4 rings (SSSR count). The van der Waals surface area contributed by atoms with Crippen LogP contribution in [-0.2, 0) is 18.3 Å². The van der Waals surface area contributed by atoms with E-state index in [0.717, 1.165) is 39.2 Å². The van der Waals surface area contributed by atoms with Crippen LogP contribution in [0.15, 0.2) is 59.4 Å². The fourth-order valence-electron chi connectivity index (χ4n) is 4.10. The first-order valence-electron chi connectivity index (χ1n) is 10.4. The summed E-state index contributed by atoms with van der Waals surface area (Å²) in [6, 6.07) is 17.5. The molecular weight excluding hydrogens is 388 g/mol. The predicted molar refractivity (Wildman–Crippen MR) is 124 cm³/mol. The van der Waals surface area contributed by atoms with Crippen molar-refractivity contribution in [2.24, 2.45) is 7.05 Å². The molecule has 31 heavy (non-hydrogen) atoms. The third-order valence-corrected chi connectivity index (χ3v) is 5.65. The number of benzene rings is 2. The fourth-order valence-corrected chi connectivity index (χ4v) is 4.10. The maximum atomic E-state index is 13.2. The predicted octanol–water partition coefficient (Wildman–Crippen LogP) is 4.22. The zero-order valence-corrected chi connectivity index (χ0v) is 18.3. The molecule has 0 radical (unpaired) electrons. The largest absolute Gasteiger partial charge is 0.326 e. The monoisotopic (exact) mass is 414 g/mol. The summed E-state index contributed by atoms with van der Waals surface area (Å²) in [4.78, 5) is 25.7. The number of rotatable bonds is 5. The first-order chi connectivity index (χ1) is 14.9. The smallest absolute Gasteiger partial charge is 0.255 e. The molecule has 0 saturated heterocycles. The second kappa shape index (κ2) is 8.22. The molecule has 0 aliphatic carbocycles. The van der Waals surface area contributed by atoms with Crippen molar-refractivity contribution in [3.05, 3.63) is 87.3 Å². The van der Waals surface area contributed by atoms with Gasteiger partial charge in [0.05, 0.1) is 11.4 Å². The van der Waals surface area contributed by atoms with Crippen LogP contribution in [0.4, 0.5) is 5.69 Å². The maximum Gasteiger partial charge on any atom is 0.255 e. The Labute approximate surface area is 181 Å². The highest BCUT2D eigenvalue weighted by atomic mass is 16.1. The Kier molecular flexibility index (Phi) is 5.46. The number of aromatic nitrogens is 3. The van der Waals surface area contributed by atoms with Crippen molar-refractivity contribution in [3.63, 3.8) is 0 Å². The molecule has 4 aromatic rings. The minimum absolute atomic E-state index is 0.0922. The summed E-state index contributed by atoms with van der Waals surface area (Å²) in [7, 11) is 1.76. The van der Waals surface area contributed by atoms with Gasteiger partial charge in [-0.05, 0) is 62.6 Å². The third-order valence-electron chi connectivity index (χ3n) is 5.65. The molecule has 2 aromatic carbocycles. The van der Waals surface area contributed by atoms with Gasteiger partial charge in [0, 0.05) is 30.1 Å². The van der Waals surface area contributed by atoms with E-state index < -0.39 is 0 Å². The number of carbonyl (C=O) groups excluding carboxylic acids is 1. The molecule has 6 heteroatoms. The van der Waals surface area contributed by atoms with Crippen LogP contribution in [0.5, 0.6) is 0 Å². The molecule has 0 spiro atoms. The lowest BCUT2D eigenvalue weighted by Gasteiger charge is -2.13. The van der Waals surface area contributed by atoms with Gasteiger partial charge >= 0.3 is 0 Å². The molecule has 0 unspecified atom stereocenters. The van der Waals surface area contributed by atoms with E-state index in [2.05, 4.69) is 5.32 Å². The molecule has 0 aliphatic rings. The Morgan fingerprint density at radius 1 is 1.03 bits per heavy atom. The summed E-state index contributed by atoms with van der Waals surface area (Å²) in [6.07, 6.45) is 0.615. The lowest BCUT2D eigenvalue weighted by atomic mass is 10.0. The second-order valence-corrected chi connectivity index (χ2v) is 7.92. The number of aryl methyl sites for hydroxylation is 4. The van der Waals surface area contributed by atoms with Crippen molar-refractivity contribution in [1.82, 2.24) is 14.3 Å². The highest BCUT2D eigenvalue weighted by molar-refractivity contribution is 5.91. The lowest BCUT2D eigenvalue weighted by molar-refractivity contribution is -0.116. The molecule has 0 bridgehead atoms. The number of amides is 1. The summed E-state index contributed by atoms with van der Waals surface area (Å²) < 4.78 is 3.45. The van der Waals surface area contributed by atoms with Gasteiger partial charge in [-0.3, -0.25) is 14.2 Å². The van der Waals surface area contributed by atoms with Crippen LogP contribution < -0.4 is 10.9 Å². The standard InChI is InChI=1S/C25H26N4O2/c1-16-9-8-10-19(15-16)26-22(30)14-13-21-17(2)23-18(3)27-29(20-11-6-5-7-12-20)24(23)28(4)25(21)31/h5-12,15H,13-14H2,1-4H3,(H,26,30). The number of para-hydroxylation sites is 1. The number of hydrogen-bond acceptors (Lipinski definition) is 3. The first-order valence-corrected chi connectivity index (χ1v) is 10.4. The van der Waals surface area contributed by atoms with Gasteiger partial charge in [0.15, 0.2) is 0 Å². The van der Waals surface area contributed by atoms with Crippen molar-refractivity contribution in [1.29, 1.82) is 0 Å². The van der Waals surface area contributed by atoms with Gasteiger partial charge in [-0.2, -0.15) is 5.10 Å².